The Bertz CT molecular complexity index is 1310. The van der Waals surface area contributed by atoms with Crippen LogP contribution in [0, 0.1) is 0 Å². The number of halogens is 3. The lowest BCUT2D eigenvalue weighted by Crippen LogP contribution is -2.36. The highest BCUT2D eigenvalue weighted by atomic mass is 19.4. The highest BCUT2D eigenvalue weighted by Gasteiger charge is 2.38. The molecule has 2 N–H and O–H groups in total. The molecule has 4 aromatic rings. The molecule has 4 rings (SSSR count). The number of hydrogen-bond donors (Lipinski definition) is 2. The minimum Gasteiger partial charge on any atom is -0.497 e. The van der Waals surface area contributed by atoms with Gasteiger partial charge in [0.25, 0.3) is 10.9 Å². The van der Waals surface area contributed by atoms with E-state index in [1.165, 1.54) is 25.4 Å². The van der Waals surface area contributed by atoms with Gasteiger partial charge in [0.05, 0.1) is 19.3 Å². The molecule has 0 aliphatic rings. The van der Waals surface area contributed by atoms with Gasteiger partial charge in [-0.05, 0) is 36.4 Å². The number of rotatable bonds is 7. The van der Waals surface area contributed by atoms with E-state index in [1.807, 2.05) is 0 Å². The van der Waals surface area contributed by atoms with Gasteiger partial charge in [0.2, 0.25) is 5.82 Å². The number of benzene rings is 1. The van der Waals surface area contributed by atoms with E-state index in [1.54, 1.807) is 24.3 Å². The molecule has 0 atom stereocenters. The summed E-state index contributed by atoms with van der Waals surface area (Å²) >= 11 is 0. The van der Waals surface area contributed by atoms with Gasteiger partial charge < -0.3 is 19.9 Å². The van der Waals surface area contributed by atoms with E-state index in [2.05, 4.69) is 30.3 Å². The van der Waals surface area contributed by atoms with Crippen molar-refractivity contribution in [2.75, 3.05) is 17.7 Å². The zero-order valence-electron chi connectivity index (χ0n) is 16.4. The van der Waals surface area contributed by atoms with E-state index in [9.17, 15) is 22.8 Å². The molecule has 0 unspecified atom stereocenters. The van der Waals surface area contributed by atoms with Gasteiger partial charge in [-0.25, -0.2) is 0 Å². The summed E-state index contributed by atoms with van der Waals surface area (Å²) in [6.07, 6.45) is -3.46. The van der Waals surface area contributed by atoms with Gasteiger partial charge in [-0.1, -0.05) is 5.16 Å². The third kappa shape index (κ3) is 4.15. The molecule has 2 aromatic carbocycles. The summed E-state index contributed by atoms with van der Waals surface area (Å²) in [7, 11) is 1.53. The summed E-state index contributed by atoms with van der Waals surface area (Å²) in [6.45, 7) is 0.0997. The molecule has 164 valence electrons. The first-order valence-corrected chi connectivity index (χ1v) is 9.10. The predicted molar refractivity (Wildman–Crippen MR) is 107 cm³/mol. The fraction of sp³-hybridized carbons (Fsp3) is 0.150. The molecular weight excluding hydrogens is 431 g/mol. The standard InChI is InChI=1S/C20H14F3N5O4/c1-31-13-6-4-11(5-7-13)26-15-14(16(29)17(15)30)25-9-12-3-2-10(8-24-12)18-27-19(32-28-18)20(21,22)23/h2-8,25-26H,9H2,1H3. The third-order valence-electron chi connectivity index (χ3n) is 4.47. The summed E-state index contributed by atoms with van der Waals surface area (Å²) in [6, 6.07) is 9.78. The maximum atomic E-state index is 12.6. The average molecular weight is 445 g/mol. The molecule has 9 nitrogen and oxygen atoms in total. The number of alkyl halides is 3. The normalized spacial score (nSPS) is 11.5. The molecule has 0 saturated heterocycles. The van der Waals surface area contributed by atoms with Crippen LogP contribution in [0.4, 0.5) is 30.2 Å². The third-order valence-corrected chi connectivity index (χ3v) is 4.47. The highest BCUT2D eigenvalue weighted by molar-refractivity contribution is 5.78. The molecule has 0 aliphatic heterocycles. The van der Waals surface area contributed by atoms with Gasteiger partial charge in [0.15, 0.2) is 0 Å². The zero-order chi connectivity index (χ0) is 22.9. The second-order valence-electron chi connectivity index (χ2n) is 6.57. The predicted octanol–water partition coefficient (Wildman–Crippen LogP) is 3.11. The molecule has 0 amide bonds. The van der Waals surface area contributed by atoms with Crippen molar-refractivity contribution in [2.24, 2.45) is 0 Å². The van der Waals surface area contributed by atoms with Crippen LogP contribution in [0.2, 0.25) is 0 Å². The molecule has 2 heterocycles. The van der Waals surface area contributed by atoms with Gasteiger partial charge in [-0.2, -0.15) is 18.2 Å². The van der Waals surface area contributed by atoms with Crippen LogP contribution in [0.15, 0.2) is 56.7 Å². The largest absolute Gasteiger partial charge is 0.497 e. The van der Waals surface area contributed by atoms with Crippen LogP contribution in [0.25, 0.3) is 11.4 Å². The molecule has 12 heteroatoms. The van der Waals surface area contributed by atoms with Crippen molar-refractivity contribution in [3.8, 4) is 17.1 Å². The van der Waals surface area contributed by atoms with Crippen molar-refractivity contribution in [1.82, 2.24) is 15.1 Å². The second-order valence-corrected chi connectivity index (χ2v) is 6.57. The molecule has 0 fully saturated rings. The van der Waals surface area contributed by atoms with E-state index < -0.39 is 22.9 Å². The lowest BCUT2D eigenvalue weighted by Gasteiger charge is -2.15. The van der Waals surface area contributed by atoms with Gasteiger partial charge in [0.1, 0.15) is 17.1 Å². The number of anilines is 3. The van der Waals surface area contributed by atoms with Crippen LogP contribution < -0.4 is 26.2 Å². The average Bonchev–Trinajstić information content (AvgIpc) is 3.30. The SMILES string of the molecule is COc1ccc(Nc2c(NCc3ccc(-c4noc(C(F)(F)F)n4)cn3)c(=O)c2=O)cc1. The Balaban J connectivity index is 1.43. The smallest absolute Gasteiger partial charge is 0.471 e. The molecule has 2 aromatic heterocycles. The number of methoxy groups -OCH3 is 1. The Morgan fingerprint density at radius 1 is 1.03 bits per heavy atom. The van der Waals surface area contributed by atoms with E-state index in [0.29, 0.717) is 17.1 Å². The number of ether oxygens (including phenoxy) is 1. The molecule has 0 spiro atoms. The van der Waals surface area contributed by atoms with Crippen molar-refractivity contribution in [3.63, 3.8) is 0 Å². The molecule has 0 saturated carbocycles. The number of pyridine rings is 1. The molecule has 0 bridgehead atoms. The second kappa shape index (κ2) is 8.13. The maximum Gasteiger partial charge on any atom is 0.471 e. The Labute approximate surface area is 177 Å². The fourth-order valence-corrected chi connectivity index (χ4v) is 2.79. The first-order valence-electron chi connectivity index (χ1n) is 9.10. The van der Waals surface area contributed by atoms with E-state index >= 15 is 0 Å². The molecule has 32 heavy (non-hydrogen) atoms. The summed E-state index contributed by atoms with van der Waals surface area (Å²) in [5, 5.41) is 9.04. The Kier molecular flexibility index (Phi) is 5.34. The van der Waals surface area contributed by atoms with E-state index in [-0.39, 0.29) is 29.3 Å². The number of nitrogens with zero attached hydrogens (tertiary/aromatic N) is 3. The van der Waals surface area contributed by atoms with Crippen molar-refractivity contribution in [2.45, 2.75) is 12.7 Å². The van der Waals surface area contributed by atoms with Crippen LogP contribution in [0.1, 0.15) is 11.6 Å². The van der Waals surface area contributed by atoms with E-state index in [0.717, 1.165) is 0 Å². The first kappa shape index (κ1) is 21.0. The van der Waals surface area contributed by atoms with Crippen LogP contribution in [-0.4, -0.2) is 22.2 Å². The number of aromatic nitrogens is 3. The number of nitrogens with one attached hydrogen (secondary N) is 2. The monoisotopic (exact) mass is 445 g/mol. The Morgan fingerprint density at radius 3 is 2.34 bits per heavy atom. The number of hydrogen-bond acceptors (Lipinski definition) is 9. The zero-order valence-corrected chi connectivity index (χ0v) is 16.4. The van der Waals surface area contributed by atoms with Gasteiger partial charge in [0, 0.05) is 17.4 Å². The quantitative estimate of drug-likeness (QED) is 0.414. The van der Waals surface area contributed by atoms with Crippen LogP contribution >= 0.6 is 0 Å². The first-order chi connectivity index (χ1) is 15.3. The minimum absolute atomic E-state index is 0.0997. The van der Waals surface area contributed by atoms with E-state index in [4.69, 9.17) is 4.74 Å². The Morgan fingerprint density at radius 2 is 1.75 bits per heavy atom. The van der Waals surface area contributed by atoms with Gasteiger partial charge >= 0.3 is 12.1 Å². The molecule has 0 aliphatic carbocycles. The Hall–Kier alpha value is -4.22. The van der Waals surface area contributed by atoms with Crippen LogP contribution in [0.5, 0.6) is 5.75 Å². The summed E-state index contributed by atoms with van der Waals surface area (Å²) in [5.41, 5.74) is 0.226. The molecular formula is C20H14F3N5O4. The van der Waals surface area contributed by atoms with Crippen molar-refractivity contribution in [3.05, 3.63) is 74.6 Å². The van der Waals surface area contributed by atoms with Gasteiger partial charge in [-0.15, -0.1) is 0 Å². The lowest BCUT2D eigenvalue weighted by atomic mass is 10.1. The minimum atomic E-state index is -4.74. The highest BCUT2D eigenvalue weighted by Crippen LogP contribution is 2.29. The van der Waals surface area contributed by atoms with Crippen LogP contribution in [0.3, 0.4) is 0 Å². The maximum absolute atomic E-state index is 12.6. The van der Waals surface area contributed by atoms with Crippen molar-refractivity contribution < 1.29 is 22.4 Å². The summed E-state index contributed by atoms with van der Waals surface area (Å²) in [4.78, 5) is 31.3. The van der Waals surface area contributed by atoms with Gasteiger partial charge in [-0.3, -0.25) is 14.6 Å². The summed E-state index contributed by atoms with van der Waals surface area (Å²) in [5.74, 6) is -1.06. The van der Waals surface area contributed by atoms with Crippen molar-refractivity contribution in [1.29, 1.82) is 0 Å². The summed E-state index contributed by atoms with van der Waals surface area (Å²) < 4.78 is 47.0. The fourth-order valence-electron chi connectivity index (χ4n) is 2.79. The topological polar surface area (TPSA) is 119 Å². The van der Waals surface area contributed by atoms with Crippen molar-refractivity contribution >= 4 is 17.1 Å². The molecule has 0 radical (unpaired) electrons. The lowest BCUT2D eigenvalue weighted by molar-refractivity contribution is -0.159. The van der Waals surface area contributed by atoms with Crippen LogP contribution in [-0.2, 0) is 12.7 Å².